The Morgan fingerprint density at radius 2 is 1.53 bits per heavy atom. The van der Waals surface area contributed by atoms with E-state index < -0.39 is 18.1 Å². The first-order valence-corrected chi connectivity index (χ1v) is 10.6. The van der Waals surface area contributed by atoms with Crippen LogP contribution in [0.1, 0.15) is 42.3 Å². The number of carbonyl (C=O) groups excluding carboxylic acids is 2. The number of benzene rings is 3. The summed E-state index contributed by atoms with van der Waals surface area (Å²) in [5.74, 6) is -1.57. The van der Waals surface area contributed by atoms with Gasteiger partial charge in [0.2, 0.25) is 0 Å². The largest absolute Gasteiger partial charge is 0.573 e. The quantitative estimate of drug-likeness (QED) is 0.443. The summed E-state index contributed by atoms with van der Waals surface area (Å²) < 4.78 is 41.1. The molecule has 0 aliphatic carbocycles. The molecule has 1 N–H and O–H groups in total. The second-order valence-electron chi connectivity index (χ2n) is 9.07. The molecule has 1 heterocycles. The number of nitrogens with zero attached hydrogens (tertiary/aromatic N) is 1. The van der Waals surface area contributed by atoms with Gasteiger partial charge in [0, 0.05) is 5.69 Å². The highest BCUT2D eigenvalue weighted by Crippen LogP contribution is 2.39. The molecule has 3 aromatic carbocycles. The molecule has 0 atom stereocenters. The number of amides is 1. The predicted octanol–water partition coefficient (Wildman–Crippen LogP) is 6.36. The van der Waals surface area contributed by atoms with Crippen LogP contribution >= 0.6 is 0 Å². The Balaban J connectivity index is 1.61. The van der Waals surface area contributed by atoms with Crippen LogP contribution in [-0.2, 0) is 16.8 Å². The molecule has 0 fully saturated rings. The van der Waals surface area contributed by atoms with Gasteiger partial charge in [-0.3, -0.25) is 14.5 Å². The molecule has 0 saturated heterocycles. The highest BCUT2D eigenvalue weighted by atomic mass is 19.4. The fourth-order valence-electron chi connectivity index (χ4n) is 3.80. The first-order chi connectivity index (χ1) is 15.9. The summed E-state index contributed by atoms with van der Waals surface area (Å²) in [5, 5.41) is 3.10. The van der Waals surface area contributed by atoms with E-state index in [-0.39, 0.29) is 23.3 Å². The molecule has 1 amide bonds. The molecule has 4 rings (SSSR count). The average Bonchev–Trinajstić information content (AvgIpc) is 3.00. The van der Waals surface area contributed by atoms with Crippen molar-refractivity contribution in [3.8, 4) is 5.75 Å². The van der Waals surface area contributed by atoms with E-state index >= 15 is 0 Å². The van der Waals surface area contributed by atoms with Gasteiger partial charge in [-0.1, -0.05) is 51.1 Å². The van der Waals surface area contributed by atoms with Crippen molar-refractivity contribution >= 4 is 28.8 Å². The SMILES string of the molecule is CC(C)(C)c1ccc(CN2C(=O)C(=O)c3cccc(Nc4ccc(OC(F)(F)F)cc4)c32)cc1. The maximum atomic E-state index is 12.8. The lowest BCUT2D eigenvalue weighted by Crippen LogP contribution is -2.29. The minimum absolute atomic E-state index is 0.0116. The van der Waals surface area contributed by atoms with Crippen LogP contribution in [0.2, 0.25) is 0 Å². The Bertz CT molecular complexity index is 1230. The van der Waals surface area contributed by atoms with E-state index in [1.165, 1.54) is 29.2 Å². The van der Waals surface area contributed by atoms with E-state index in [9.17, 15) is 22.8 Å². The number of rotatable bonds is 5. The number of ketones is 1. The molecule has 5 nitrogen and oxygen atoms in total. The summed E-state index contributed by atoms with van der Waals surface area (Å²) in [5.41, 5.74) is 3.69. The van der Waals surface area contributed by atoms with Gasteiger partial charge in [-0.05, 0) is 52.9 Å². The summed E-state index contributed by atoms with van der Waals surface area (Å²) in [7, 11) is 0. The molecule has 0 radical (unpaired) electrons. The molecule has 0 spiro atoms. The van der Waals surface area contributed by atoms with Crippen molar-refractivity contribution in [1.82, 2.24) is 0 Å². The molecule has 1 aliphatic heterocycles. The van der Waals surface area contributed by atoms with Gasteiger partial charge in [0.05, 0.1) is 23.5 Å². The summed E-state index contributed by atoms with van der Waals surface area (Å²) in [6.45, 7) is 6.54. The van der Waals surface area contributed by atoms with Crippen molar-refractivity contribution < 1.29 is 27.5 Å². The Morgan fingerprint density at radius 1 is 0.882 bits per heavy atom. The Labute approximate surface area is 195 Å². The molecule has 3 aromatic rings. The van der Waals surface area contributed by atoms with Crippen molar-refractivity contribution in [3.05, 3.63) is 83.4 Å². The molecule has 0 unspecified atom stereocenters. The van der Waals surface area contributed by atoms with Crippen LogP contribution in [0.3, 0.4) is 0 Å². The van der Waals surface area contributed by atoms with Gasteiger partial charge in [0.15, 0.2) is 0 Å². The maximum Gasteiger partial charge on any atom is 0.573 e. The number of ether oxygens (including phenoxy) is 1. The molecular formula is C26H23F3N2O3. The van der Waals surface area contributed by atoms with Crippen molar-refractivity contribution in [1.29, 1.82) is 0 Å². The number of para-hydroxylation sites is 1. The van der Waals surface area contributed by atoms with Crippen LogP contribution in [0.5, 0.6) is 5.75 Å². The number of carbonyl (C=O) groups is 2. The third kappa shape index (κ3) is 4.90. The van der Waals surface area contributed by atoms with Crippen molar-refractivity contribution in [2.75, 3.05) is 10.2 Å². The van der Waals surface area contributed by atoms with E-state index in [1.807, 2.05) is 24.3 Å². The van der Waals surface area contributed by atoms with Crippen LogP contribution in [-0.4, -0.2) is 18.1 Å². The van der Waals surface area contributed by atoms with Gasteiger partial charge in [-0.2, -0.15) is 0 Å². The number of hydrogen-bond acceptors (Lipinski definition) is 4. The van der Waals surface area contributed by atoms with Crippen LogP contribution in [0.25, 0.3) is 0 Å². The summed E-state index contributed by atoms with van der Waals surface area (Å²) in [6.07, 6.45) is -4.78. The smallest absolute Gasteiger partial charge is 0.406 e. The second kappa shape index (κ2) is 8.52. The fourth-order valence-corrected chi connectivity index (χ4v) is 3.80. The molecular weight excluding hydrogens is 445 g/mol. The van der Waals surface area contributed by atoms with Gasteiger partial charge in [-0.15, -0.1) is 13.2 Å². The lowest BCUT2D eigenvalue weighted by molar-refractivity contribution is -0.274. The Kier molecular flexibility index (Phi) is 5.85. The Morgan fingerprint density at radius 3 is 2.12 bits per heavy atom. The van der Waals surface area contributed by atoms with E-state index in [0.29, 0.717) is 17.1 Å². The third-order valence-corrected chi connectivity index (χ3v) is 5.52. The summed E-state index contributed by atoms with van der Waals surface area (Å²) in [6, 6.07) is 18.1. The van der Waals surface area contributed by atoms with Gasteiger partial charge in [-0.25, -0.2) is 0 Å². The molecule has 0 aromatic heterocycles. The van der Waals surface area contributed by atoms with E-state index in [4.69, 9.17) is 0 Å². The zero-order valence-electron chi connectivity index (χ0n) is 18.9. The van der Waals surface area contributed by atoms with E-state index in [0.717, 1.165) is 11.1 Å². The van der Waals surface area contributed by atoms with Crippen molar-refractivity contribution in [2.45, 2.75) is 39.1 Å². The molecule has 176 valence electrons. The summed E-state index contributed by atoms with van der Waals surface area (Å²) >= 11 is 0. The second-order valence-corrected chi connectivity index (χ2v) is 9.07. The molecule has 8 heteroatoms. The minimum atomic E-state index is -4.78. The number of alkyl halides is 3. The monoisotopic (exact) mass is 468 g/mol. The standard InChI is InChI=1S/C26H23F3N2O3/c1-25(2,3)17-9-7-16(8-10-17)15-31-22-20(23(32)24(31)33)5-4-6-21(22)30-18-11-13-19(14-12-18)34-26(27,28)29/h4-14,30H,15H2,1-3H3. The molecule has 1 aliphatic rings. The topological polar surface area (TPSA) is 58.6 Å². The van der Waals surface area contributed by atoms with Crippen molar-refractivity contribution in [2.24, 2.45) is 0 Å². The summed E-state index contributed by atoms with van der Waals surface area (Å²) in [4.78, 5) is 26.8. The number of nitrogens with one attached hydrogen (secondary N) is 1. The molecule has 0 saturated carbocycles. The highest BCUT2D eigenvalue weighted by molar-refractivity contribution is 6.52. The number of hydrogen-bond donors (Lipinski definition) is 1. The normalized spacial score (nSPS) is 13.8. The number of fused-ring (bicyclic) bond motifs is 1. The van der Waals surface area contributed by atoms with Crippen LogP contribution < -0.4 is 15.0 Å². The first-order valence-electron chi connectivity index (χ1n) is 10.6. The predicted molar refractivity (Wildman–Crippen MR) is 124 cm³/mol. The van der Waals surface area contributed by atoms with Crippen LogP contribution in [0.15, 0.2) is 66.7 Å². The van der Waals surface area contributed by atoms with Gasteiger partial charge in [0.25, 0.3) is 11.7 Å². The first kappa shape index (κ1) is 23.4. The van der Waals surface area contributed by atoms with Gasteiger partial charge < -0.3 is 10.1 Å². The lowest BCUT2D eigenvalue weighted by atomic mass is 9.87. The third-order valence-electron chi connectivity index (χ3n) is 5.52. The lowest BCUT2D eigenvalue weighted by Gasteiger charge is -2.22. The molecule has 34 heavy (non-hydrogen) atoms. The zero-order valence-corrected chi connectivity index (χ0v) is 18.9. The average molecular weight is 468 g/mol. The zero-order chi connectivity index (χ0) is 24.7. The van der Waals surface area contributed by atoms with Crippen LogP contribution in [0.4, 0.5) is 30.2 Å². The minimum Gasteiger partial charge on any atom is -0.406 e. The van der Waals surface area contributed by atoms with E-state index in [1.54, 1.807) is 18.2 Å². The van der Waals surface area contributed by atoms with Gasteiger partial charge >= 0.3 is 6.36 Å². The highest BCUT2D eigenvalue weighted by Gasteiger charge is 2.37. The van der Waals surface area contributed by atoms with Gasteiger partial charge in [0.1, 0.15) is 5.75 Å². The number of anilines is 3. The maximum absolute atomic E-state index is 12.8. The number of Topliss-reactive ketones (excluding diaryl/α,β-unsaturated/α-hetero) is 1. The fraction of sp³-hybridized carbons (Fsp3) is 0.231. The van der Waals surface area contributed by atoms with E-state index in [2.05, 4.69) is 30.8 Å². The number of halogens is 3. The van der Waals surface area contributed by atoms with Crippen molar-refractivity contribution in [3.63, 3.8) is 0 Å². The molecule has 0 bridgehead atoms. The van der Waals surface area contributed by atoms with Crippen LogP contribution in [0, 0.1) is 0 Å². The Hall–Kier alpha value is -3.81.